The zero-order valence-corrected chi connectivity index (χ0v) is 16.9. The van der Waals surface area contributed by atoms with Crippen LogP contribution in [0.15, 0.2) is 48.5 Å². The van der Waals surface area contributed by atoms with E-state index in [1.54, 1.807) is 24.3 Å². The molecule has 29 heavy (non-hydrogen) atoms. The predicted molar refractivity (Wildman–Crippen MR) is 106 cm³/mol. The number of methoxy groups -OCH3 is 2. The first kappa shape index (κ1) is 22.2. The lowest BCUT2D eigenvalue weighted by molar-refractivity contribution is -0.146. The number of rotatable bonds is 8. The van der Waals surface area contributed by atoms with Gasteiger partial charge in [0.05, 0.1) is 20.5 Å². The lowest BCUT2D eigenvalue weighted by Gasteiger charge is -2.22. The molecule has 0 aliphatic heterocycles. The zero-order chi connectivity index (χ0) is 21.6. The number of amides is 1. The highest BCUT2D eigenvalue weighted by atomic mass is 32.2. The van der Waals surface area contributed by atoms with Gasteiger partial charge in [-0.15, -0.1) is 0 Å². The van der Waals surface area contributed by atoms with Crippen molar-refractivity contribution < 1.29 is 32.6 Å². The zero-order valence-electron chi connectivity index (χ0n) is 16.1. The molecule has 2 rings (SSSR count). The summed E-state index contributed by atoms with van der Waals surface area (Å²) < 4.78 is 34.5. The van der Waals surface area contributed by atoms with Crippen molar-refractivity contribution in [3.63, 3.8) is 0 Å². The Balaban J connectivity index is 2.18. The van der Waals surface area contributed by atoms with Gasteiger partial charge in [-0.25, -0.2) is 13.2 Å². The highest BCUT2D eigenvalue weighted by Gasteiger charge is 2.31. The summed E-state index contributed by atoms with van der Waals surface area (Å²) in [5.41, 5.74) is 0.834. The molecular weight excluding hydrogens is 400 g/mol. The Morgan fingerprint density at radius 3 is 2.07 bits per heavy atom. The topological polar surface area (TPSA) is 131 Å². The number of carbonyl (C=O) groups excluding carboxylic acids is 2. The first-order valence-electron chi connectivity index (χ1n) is 8.43. The van der Waals surface area contributed by atoms with Crippen LogP contribution in [0.1, 0.15) is 22.0 Å². The number of ether oxygens (including phenoxy) is 2. The Morgan fingerprint density at radius 1 is 1.00 bits per heavy atom. The standard InChI is InChI=1S/C19H22N2O7S/c1-27-15-10-6-12(7-11-15)17(22)16(19(24)28-2)20-18(23)13-4-8-14(9-5-13)21-29(3,25)26/h4-11,16-17,21-22H,1-3H3,(H,20,23). The number of aliphatic hydroxyl groups excluding tert-OH is 1. The van der Waals surface area contributed by atoms with Gasteiger partial charge in [0.2, 0.25) is 10.0 Å². The molecule has 156 valence electrons. The van der Waals surface area contributed by atoms with Crippen molar-refractivity contribution in [1.29, 1.82) is 0 Å². The van der Waals surface area contributed by atoms with Gasteiger partial charge < -0.3 is 19.9 Å². The second-order valence-corrected chi connectivity index (χ2v) is 7.89. The van der Waals surface area contributed by atoms with E-state index in [4.69, 9.17) is 9.47 Å². The van der Waals surface area contributed by atoms with E-state index in [2.05, 4.69) is 10.0 Å². The lowest BCUT2D eigenvalue weighted by Crippen LogP contribution is -2.45. The summed E-state index contributed by atoms with van der Waals surface area (Å²) in [6.45, 7) is 0. The molecule has 2 aromatic rings. The van der Waals surface area contributed by atoms with Gasteiger partial charge in [-0.3, -0.25) is 9.52 Å². The van der Waals surface area contributed by atoms with Gasteiger partial charge in [-0.1, -0.05) is 12.1 Å². The average Bonchev–Trinajstić information content (AvgIpc) is 2.70. The number of carbonyl (C=O) groups is 2. The molecule has 1 amide bonds. The number of aliphatic hydroxyl groups is 1. The van der Waals surface area contributed by atoms with Crippen LogP contribution in [0.4, 0.5) is 5.69 Å². The van der Waals surface area contributed by atoms with E-state index >= 15 is 0 Å². The van der Waals surface area contributed by atoms with Crippen molar-refractivity contribution in [3.8, 4) is 5.75 Å². The van der Waals surface area contributed by atoms with Gasteiger partial charge in [0.1, 0.15) is 11.9 Å². The van der Waals surface area contributed by atoms with E-state index in [1.807, 2.05) is 0 Å². The molecule has 0 aromatic heterocycles. The largest absolute Gasteiger partial charge is 0.497 e. The summed E-state index contributed by atoms with van der Waals surface area (Å²) in [6.07, 6.45) is -0.349. The maximum Gasteiger partial charge on any atom is 0.331 e. The van der Waals surface area contributed by atoms with Gasteiger partial charge in [-0.05, 0) is 42.0 Å². The molecule has 0 saturated carbocycles. The fourth-order valence-corrected chi connectivity index (χ4v) is 3.08. The second kappa shape index (κ2) is 9.39. The summed E-state index contributed by atoms with van der Waals surface area (Å²) in [7, 11) is -0.798. The minimum atomic E-state index is -3.44. The molecule has 3 N–H and O–H groups in total. The summed E-state index contributed by atoms with van der Waals surface area (Å²) >= 11 is 0. The SMILES string of the molecule is COC(=O)C(NC(=O)c1ccc(NS(C)(=O)=O)cc1)C(O)c1ccc(OC)cc1. The maximum atomic E-state index is 12.5. The van der Waals surface area contributed by atoms with Crippen LogP contribution in [-0.4, -0.2) is 51.9 Å². The number of anilines is 1. The fourth-order valence-electron chi connectivity index (χ4n) is 2.52. The van der Waals surface area contributed by atoms with Crippen LogP contribution in [0.3, 0.4) is 0 Å². The summed E-state index contributed by atoms with van der Waals surface area (Å²) in [4.78, 5) is 24.6. The Bertz CT molecular complexity index is 957. The van der Waals surface area contributed by atoms with E-state index in [0.29, 0.717) is 11.3 Å². The second-order valence-electron chi connectivity index (χ2n) is 6.14. The molecule has 0 fully saturated rings. The minimum Gasteiger partial charge on any atom is -0.497 e. The van der Waals surface area contributed by atoms with Gasteiger partial charge in [0.25, 0.3) is 5.91 Å². The van der Waals surface area contributed by atoms with Crippen molar-refractivity contribution in [3.05, 3.63) is 59.7 Å². The predicted octanol–water partition coefficient (Wildman–Crippen LogP) is 1.07. The molecule has 0 aliphatic rings. The van der Waals surface area contributed by atoms with Gasteiger partial charge in [0, 0.05) is 11.3 Å². The molecule has 0 heterocycles. The normalized spacial score (nSPS) is 13.1. The monoisotopic (exact) mass is 422 g/mol. The maximum absolute atomic E-state index is 12.5. The van der Waals surface area contributed by atoms with Crippen molar-refractivity contribution in [2.24, 2.45) is 0 Å². The summed E-state index contributed by atoms with van der Waals surface area (Å²) in [5, 5.41) is 13.0. The van der Waals surface area contributed by atoms with Crippen molar-refractivity contribution in [2.45, 2.75) is 12.1 Å². The lowest BCUT2D eigenvalue weighted by atomic mass is 10.0. The highest BCUT2D eigenvalue weighted by Crippen LogP contribution is 2.21. The van der Waals surface area contributed by atoms with Crippen molar-refractivity contribution in [1.82, 2.24) is 5.32 Å². The number of sulfonamides is 1. The number of benzene rings is 2. The van der Waals surface area contributed by atoms with E-state index in [9.17, 15) is 23.1 Å². The first-order chi connectivity index (χ1) is 13.6. The number of nitrogens with one attached hydrogen (secondary N) is 2. The number of hydrogen-bond acceptors (Lipinski definition) is 7. The van der Waals surface area contributed by atoms with Gasteiger partial charge in [-0.2, -0.15) is 0 Å². The summed E-state index contributed by atoms with van der Waals surface area (Å²) in [5.74, 6) is -0.890. The van der Waals surface area contributed by atoms with Crippen LogP contribution in [0.2, 0.25) is 0 Å². The molecule has 0 radical (unpaired) electrons. The first-order valence-corrected chi connectivity index (χ1v) is 10.3. The molecular formula is C19H22N2O7S. The third-order valence-electron chi connectivity index (χ3n) is 3.97. The Labute approximate surface area is 168 Å². The Kier molecular flexibility index (Phi) is 7.18. The Morgan fingerprint density at radius 2 is 1.59 bits per heavy atom. The highest BCUT2D eigenvalue weighted by molar-refractivity contribution is 7.92. The van der Waals surface area contributed by atoms with Crippen LogP contribution in [0.5, 0.6) is 5.75 Å². The van der Waals surface area contributed by atoms with Crippen LogP contribution < -0.4 is 14.8 Å². The molecule has 2 unspecified atom stereocenters. The molecule has 0 bridgehead atoms. The van der Waals surface area contributed by atoms with E-state index in [-0.39, 0.29) is 11.3 Å². The average molecular weight is 422 g/mol. The molecule has 9 nitrogen and oxygen atoms in total. The van der Waals surface area contributed by atoms with Crippen LogP contribution in [0, 0.1) is 0 Å². The third kappa shape index (κ3) is 6.19. The van der Waals surface area contributed by atoms with E-state index in [1.165, 1.54) is 31.4 Å². The number of esters is 1. The molecule has 2 atom stereocenters. The molecule has 2 aromatic carbocycles. The van der Waals surface area contributed by atoms with Crippen molar-refractivity contribution >= 4 is 27.6 Å². The van der Waals surface area contributed by atoms with Crippen molar-refractivity contribution in [2.75, 3.05) is 25.2 Å². The molecule has 10 heteroatoms. The number of hydrogen-bond donors (Lipinski definition) is 3. The smallest absolute Gasteiger partial charge is 0.331 e. The molecule has 0 spiro atoms. The molecule has 0 aliphatic carbocycles. The van der Waals surface area contributed by atoms with Gasteiger partial charge >= 0.3 is 5.97 Å². The Hall–Kier alpha value is -3.11. The van der Waals surface area contributed by atoms with Crippen LogP contribution in [0.25, 0.3) is 0 Å². The van der Waals surface area contributed by atoms with Gasteiger partial charge in [0.15, 0.2) is 6.04 Å². The van der Waals surface area contributed by atoms with E-state index < -0.39 is 34.0 Å². The van der Waals surface area contributed by atoms with Crippen LogP contribution >= 0.6 is 0 Å². The van der Waals surface area contributed by atoms with E-state index in [0.717, 1.165) is 13.4 Å². The quantitative estimate of drug-likeness (QED) is 0.542. The minimum absolute atomic E-state index is 0.167. The fraction of sp³-hybridized carbons (Fsp3) is 0.263. The summed E-state index contributed by atoms with van der Waals surface area (Å²) in [6, 6.07) is 10.6. The van der Waals surface area contributed by atoms with Crippen LogP contribution in [-0.2, 0) is 19.6 Å². The third-order valence-corrected chi connectivity index (χ3v) is 4.57. The molecule has 0 saturated heterocycles.